The van der Waals surface area contributed by atoms with Gasteiger partial charge in [0.05, 0.1) is 11.9 Å². The Balaban J connectivity index is 1.90. The summed E-state index contributed by atoms with van der Waals surface area (Å²) in [4.78, 5) is 10.5. The zero-order valence-electron chi connectivity index (χ0n) is 14.3. The quantitative estimate of drug-likeness (QED) is 0.390. The molecule has 1 saturated carbocycles. The van der Waals surface area contributed by atoms with Crippen LogP contribution in [0, 0.1) is 11.8 Å². The highest BCUT2D eigenvalue weighted by molar-refractivity contribution is 7.99. The second-order valence-corrected chi connectivity index (χ2v) is 9.10. The monoisotopic (exact) mass is 436 g/mol. The van der Waals surface area contributed by atoms with Crippen molar-refractivity contribution < 1.29 is 15.0 Å². The fourth-order valence-corrected chi connectivity index (χ4v) is 5.12. The Hall–Kier alpha value is -0.390. The fraction of sp³-hybridized carbons (Fsp3) is 0.526. The third-order valence-corrected chi connectivity index (χ3v) is 6.53. The number of hydrogen-bond acceptors (Lipinski definition) is 3. The second-order valence-electron chi connectivity index (χ2n) is 6.56. The number of benzene rings is 1. The third kappa shape index (κ3) is 6.97. The van der Waals surface area contributed by atoms with E-state index in [1.807, 2.05) is 24.3 Å². The number of thioether (sulfide) groups is 1. The highest BCUT2D eigenvalue weighted by Gasteiger charge is 2.39. The van der Waals surface area contributed by atoms with E-state index in [9.17, 15) is 9.90 Å². The van der Waals surface area contributed by atoms with E-state index in [1.54, 1.807) is 6.07 Å². The molecule has 0 aromatic heterocycles. The van der Waals surface area contributed by atoms with Gasteiger partial charge in [-0.2, -0.15) is 11.8 Å². The van der Waals surface area contributed by atoms with Crippen molar-refractivity contribution >= 4 is 58.6 Å². The summed E-state index contributed by atoms with van der Waals surface area (Å²) in [6, 6.07) is 5.35. The lowest BCUT2D eigenvalue weighted by Gasteiger charge is -2.20. The number of aliphatic carboxylic acids is 1. The van der Waals surface area contributed by atoms with Crippen molar-refractivity contribution in [1.82, 2.24) is 0 Å². The molecular formula is C19H23Cl3O3S. The van der Waals surface area contributed by atoms with Gasteiger partial charge in [-0.1, -0.05) is 41.8 Å². The Morgan fingerprint density at radius 2 is 1.92 bits per heavy atom. The molecule has 1 aromatic rings. The van der Waals surface area contributed by atoms with E-state index < -0.39 is 12.1 Å². The van der Waals surface area contributed by atoms with Gasteiger partial charge >= 0.3 is 5.97 Å². The first kappa shape index (κ1) is 21.9. The highest BCUT2D eigenvalue weighted by Crippen LogP contribution is 2.40. The number of halogens is 3. The molecule has 1 aromatic carbocycles. The first-order valence-electron chi connectivity index (χ1n) is 8.63. The molecular weight excluding hydrogens is 415 g/mol. The molecule has 1 fully saturated rings. The Labute approximate surface area is 173 Å². The summed E-state index contributed by atoms with van der Waals surface area (Å²) >= 11 is 20.0. The lowest BCUT2D eigenvalue weighted by atomic mass is 9.89. The van der Waals surface area contributed by atoms with Crippen molar-refractivity contribution in [3.05, 3.63) is 39.9 Å². The van der Waals surface area contributed by atoms with Crippen molar-refractivity contribution in [2.75, 3.05) is 11.5 Å². The summed E-state index contributed by atoms with van der Waals surface area (Å²) < 4.78 is 0. The van der Waals surface area contributed by atoms with Crippen LogP contribution in [0.4, 0.5) is 0 Å². The number of rotatable bonds is 9. The van der Waals surface area contributed by atoms with Crippen LogP contribution in [-0.2, 0) is 4.79 Å². The number of aliphatic hydroxyl groups excluding tert-OH is 1. The van der Waals surface area contributed by atoms with Gasteiger partial charge in [-0.05, 0) is 54.7 Å². The van der Waals surface area contributed by atoms with Crippen molar-refractivity contribution in [2.45, 2.75) is 37.2 Å². The normalized spacial score (nSPS) is 25.8. The van der Waals surface area contributed by atoms with Crippen molar-refractivity contribution in [3.63, 3.8) is 0 Å². The van der Waals surface area contributed by atoms with Gasteiger partial charge in [-0.15, -0.1) is 11.6 Å². The summed E-state index contributed by atoms with van der Waals surface area (Å²) in [7, 11) is 0. The molecule has 3 nitrogen and oxygen atoms in total. The maximum absolute atomic E-state index is 10.5. The van der Waals surface area contributed by atoms with Crippen LogP contribution >= 0.6 is 46.6 Å². The molecule has 0 unspecified atom stereocenters. The fourth-order valence-electron chi connectivity index (χ4n) is 3.37. The topological polar surface area (TPSA) is 57.5 Å². The van der Waals surface area contributed by atoms with Crippen molar-refractivity contribution in [3.8, 4) is 0 Å². The predicted octanol–water partition coefficient (Wildman–Crippen LogP) is 5.60. The number of hydrogen-bond donors (Lipinski definition) is 2. The van der Waals surface area contributed by atoms with E-state index in [0.29, 0.717) is 16.5 Å². The molecule has 7 heteroatoms. The molecule has 0 amide bonds. The molecule has 0 saturated heterocycles. The first-order chi connectivity index (χ1) is 12.4. The van der Waals surface area contributed by atoms with E-state index in [-0.39, 0.29) is 23.0 Å². The largest absolute Gasteiger partial charge is 0.481 e. The average Bonchev–Trinajstić information content (AvgIpc) is 2.81. The number of unbranched alkanes of at least 4 members (excludes halogenated alkanes) is 1. The molecule has 144 valence electrons. The zero-order valence-corrected chi connectivity index (χ0v) is 17.4. The molecule has 0 bridgehead atoms. The van der Waals surface area contributed by atoms with Crippen LogP contribution < -0.4 is 0 Å². The Morgan fingerprint density at radius 3 is 2.58 bits per heavy atom. The molecule has 2 rings (SSSR count). The molecule has 0 spiro atoms. The maximum atomic E-state index is 10.5. The van der Waals surface area contributed by atoms with Crippen LogP contribution in [0.2, 0.25) is 10.0 Å². The summed E-state index contributed by atoms with van der Waals surface area (Å²) in [5.74, 6) is 0.411. The minimum atomic E-state index is -0.777. The third-order valence-electron chi connectivity index (χ3n) is 4.57. The molecule has 1 aliphatic rings. The molecule has 2 N–H and O–H groups in total. The zero-order chi connectivity index (χ0) is 19.1. The van der Waals surface area contributed by atoms with E-state index in [2.05, 4.69) is 0 Å². The van der Waals surface area contributed by atoms with Gasteiger partial charge in [0.1, 0.15) is 0 Å². The summed E-state index contributed by atoms with van der Waals surface area (Å²) in [6.45, 7) is 0. The van der Waals surface area contributed by atoms with Gasteiger partial charge in [0.2, 0.25) is 0 Å². The Kier molecular flexibility index (Phi) is 9.11. The summed E-state index contributed by atoms with van der Waals surface area (Å²) in [5, 5.41) is 20.1. The highest BCUT2D eigenvalue weighted by atomic mass is 35.5. The lowest BCUT2D eigenvalue weighted by Crippen LogP contribution is -2.18. The molecule has 0 aliphatic heterocycles. The van der Waals surface area contributed by atoms with E-state index in [0.717, 1.165) is 30.6 Å². The molecule has 26 heavy (non-hydrogen) atoms. The predicted molar refractivity (Wildman–Crippen MR) is 112 cm³/mol. The van der Waals surface area contributed by atoms with Gasteiger partial charge in [0, 0.05) is 21.3 Å². The Bertz CT molecular complexity index is 618. The van der Waals surface area contributed by atoms with Crippen LogP contribution in [0.1, 0.15) is 31.2 Å². The van der Waals surface area contributed by atoms with Crippen molar-refractivity contribution in [2.24, 2.45) is 11.8 Å². The lowest BCUT2D eigenvalue weighted by molar-refractivity contribution is -0.133. The van der Waals surface area contributed by atoms with Gasteiger partial charge < -0.3 is 10.2 Å². The van der Waals surface area contributed by atoms with Crippen LogP contribution in [0.25, 0.3) is 6.08 Å². The number of carbonyl (C=O) groups is 1. The van der Waals surface area contributed by atoms with Crippen molar-refractivity contribution in [1.29, 1.82) is 0 Å². The minimum Gasteiger partial charge on any atom is -0.481 e. The number of carboxylic acids is 1. The average molecular weight is 438 g/mol. The minimum absolute atomic E-state index is 0.00179. The Morgan fingerprint density at radius 1 is 1.23 bits per heavy atom. The van der Waals surface area contributed by atoms with Gasteiger partial charge in [0.15, 0.2) is 0 Å². The standard InChI is InChI=1S/C19H23Cl3O3S/c20-13-7-12(8-14(21)9-13)4-5-16-15(17(22)10-18(16)23)3-1-2-6-26-11-19(24)25/h4-5,7-9,15-18,23H,1-3,6,10-11H2,(H,24,25)/t15-,16-,17-,18-/m1/s1. The first-order valence-corrected chi connectivity index (χ1v) is 11.0. The van der Waals surface area contributed by atoms with Crippen LogP contribution in [0.3, 0.4) is 0 Å². The molecule has 4 atom stereocenters. The summed E-state index contributed by atoms with van der Waals surface area (Å²) in [5.41, 5.74) is 0.900. The van der Waals surface area contributed by atoms with E-state index >= 15 is 0 Å². The molecule has 0 heterocycles. The van der Waals surface area contributed by atoms with Crippen LogP contribution in [-0.4, -0.2) is 39.2 Å². The van der Waals surface area contributed by atoms with Gasteiger partial charge in [0.25, 0.3) is 0 Å². The maximum Gasteiger partial charge on any atom is 0.313 e. The molecule has 0 radical (unpaired) electrons. The SMILES string of the molecule is O=C(O)CSCCCC[C@@H]1[C@@H](C=Cc2cc(Cl)cc(Cl)c2)[C@H](O)C[C@H]1Cl. The van der Waals surface area contributed by atoms with Crippen LogP contribution in [0.15, 0.2) is 24.3 Å². The number of carboxylic acid groups (broad SMARTS) is 1. The second kappa shape index (κ2) is 10.8. The number of alkyl halides is 1. The molecule has 1 aliphatic carbocycles. The summed E-state index contributed by atoms with van der Waals surface area (Å²) in [6.07, 6.45) is 6.94. The van der Waals surface area contributed by atoms with Crippen LogP contribution in [0.5, 0.6) is 0 Å². The van der Waals surface area contributed by atoms with Gasteiger partial charge in [-0.3, -0.25) is 4.79 Å². The van der Waals surface area contributed by atoms with E-state index in [4.69, 9.17) is 39.9 Å². The number of aliphatic hydroxyl groups is 1. The smallest absolute Gasteiger partial charge is 0.313 e. The van der Waals surface area contributed by atoms with E-state index in [1.165, 1.54) is 11.8 Å². The van der Waals surface area contributed by atoms with Gasteiger partial charge in [-0.25, -0.2) is 0 Å².